The molecule has 2 aromatic rings. The minimum Gasteiger partial charge on any atom is -0.465 e. The van der Waals surface area contributed by atoms with E-state index in [-0.39, 0.29) is 11.3 Å². The molecule has 0 heterocycles. The number of hydrogen-bond acceptors (Lipinski definition) is 5. The number of esters is 2. The van der Waals surface area contributed by atoms with Gasteiger partial charge in [0.2, 0.25) is 0 Å². The van der Waals surface area contributed by atoms with E-state index in [1.807, 2.05) is 12.1 Å². The zero-order chi connectivity index (χ0) is 17.5. The number of nitrogens with one attached hydrogen (secondary N) is 1. The third kappa shape index (κ3) is 4.59. The van der Waals surface area contributed by atoms with Crippen molar-refractivity contribution in [2.75, 3.05) is 19.0 Å². The fraction of sp³-hybridized carbons (Fsp3) is 0.263. The fourth-order valence-corrected chi connectivity index (χ4v) is 2.39. The van der Waals surface area contributed by atoms with Gasteiger partial charge in [0.05, 0.1) is 7.11 Å². The third-order valence-corrected chi connectivity index (χ3v) is 3.62. The molecule has 2 rings (SSSR count). The average molecular weight is 327 g/mol. The summed E-state index contributed by atoms with van der Waals surface area (Å²) in [5.74, 6) is -0.840. The van der Waals surface area contributed by atoms with Crippen LogP contribution in [0, 0.1) is 6.92 Å². The molecule has 0 saturated heterocycles. The molecule has 0 atom stereocenters. The van der Waals surface area contributed by atoms with E-state index < -0.39 is 11.9 Å². The van der Waals surface area contributed by atoms with E-state index in [9.17, 15) is 9.59 Å². The molecule has 0 aliphatic rings. The Morgan fingerprint density at radius 2 is 1.88 bits per heavy atom. The van der Waals surface area contributed by atoms with Gasteiger partial charge in [0, 0.05) is 19.2 Å². The first-order valence-electron chi connectivity index (χ1n) is 7.70. The standard InChI is InChI=1S/C19H21NO4/c1-13-6-4-5-7-15(13)10-11-20-16-8-9-18(24-14(2)21)17(12-16)19(22)23-3/h4-9,12,20H,10-11H2,1-3H3. The summed E-state index contributed by atoms with van der Waals surface area (Å²) in [7, 11) is 1.29. The molecule has 5 heteroatoms. The quantitative estimate of drug-likeness (QED) is 0.651. The molecule has 2 aromatic carbocycles. The van der Waals surface area contributed by atoms with Gasteiger partial charge in [0.25, 0.3) is 0 Å². The highest BCUT2D eigenvalue weighted by molar-refractivity contribution is 5.94. The lowest BCUT2D eigenvalue weighted by Crippen LogP contribution is -2.11. The van der Waals surface area contributed by atoms with Crippen LogP contribution < -0.4 is 10.1 Å². The highest BCUT2D eigenvalue weighted by atomic mass is 16.5. The highest BCUT2D eigenvalue weighted by Crippen LogP contribution is 2.24. The predicted octanol–water partition coefficient (Wildman–Crippen LogP) is 3.36. The molecule has 0 unspecified atom stereocenters. The van der Waals surface area contributed by atoms with Crippen LogP contribution in [0.3, 0.4) is 0 Å². The maximum Gasteiger partial charge on any atom is 0.341 e. The first-order chi connectivity index (χ1) is 11.5. The van der Waals surface area contributed by atoms with Gasteiger partial charge in [-0.05, 0) is 42.7 Å². The van der Waals surface area contributed by atoms with E-state index >= 15 is 0 Å². The van der Waals surface area contributed by atoms with Gasteiger partial charge >= 0.3 is 11.9 Å². The zero-order valence-corrected chi connectivity index (χ0v) is 14.1. The van der Waals surface area contributed by atoms with Crippen molar-refractivity contribution in [2.45, 2.75) is 20.3 Å². The molecule has 0 bridgehead atoms. The van der Waals surface area contributed by atoms with Crippen LogP contribution in [0.2, 0.25) is 0 Å². The Morgan fingerprint density at radius 3 is 2.54 bits per heavy atom. The third-order valence-electron chi connectivity index (χ3n) is 3.62. The molecular formula is C19H21NO4. The average Bonchev–Trinajstić information content (AvgIpc) is 2.56. The van der Waals surface area contributed by atoms with Crippen molar-refractivity contribution < 1.29 is 19.1 Å². The van der Waals surface area contributed by atoms with Crippen LogP contribution in [0.4, 0.5) is 5.69 Å². The summed E-state index contributed by atoms with van der Waals surface area (Å²) in [4.78, 5) is 23.0. The molecule has 0 saturated carbocycles. The Bertz CT molecular complexity index is 740. The minimum atomic E-state index is -0.547. The van der Waals surface area contributed by atoms with Crippen LogP contribution in [0.25, 0.3) is 0 Å². The van der Waals surface area contributed by atoms with E-state index in [2.05, 4.69) is 24.4 Å². The monoisotopic (exact) mass is 327 g/mol. The number of carbonyl (C=O) groups excluding carboxylic acids is 2. The van der Waals surface area contributed by atoms with Crippen LogP contribution in [0.5, 0.6) is 5.75 Å². The summed E-state index contributed by atoms with van der Waals surface area (Å²) in [5, 5.41) is 3.27. The number of benzene rings is 2. The van der Waals surface area contributed by atoms with E-state index in [1.165, 1.54) is 25.2 Å². The van der Waals surface area contributed by atoms with Crippen molar-refractivity contribution >= 4 is 17.6 Å². The summed E-state index contributed by atoms with van der Waals surface area (Å²) in [5.41, 5.74) is 3.50. The van der Waals surface area contributed by atoms with Crippen LogP contribution >= 0.6 is 0 Å². The lowest BCUT2D eigenvalue weighted by Gasteiger charge is -2.12. The Hall–Kier alpha value is -2.82. The lowest BCUT2D eigenvalue weighted by molar-refractivity contribution is -0.131. The first-order valence-corrected chi connectivity index (χ1v) is 7.70. The van der Waals surface area contributed by atoms with Gasteiger partial charge in [0.1, 0.15) is 11.3 Å². The van der Waals surface area contributed by atoms with Crippen molar-refractivity contribution in [2.24, 2.45) is 0 Å². The van der Waals surface area contributed by atoms with Gasteiger partial charge in [-0.25, -0.2) is 4.79 Å². The van der Waals surface area contributed by atoms with E-state index in [4.69, 9.17) is 9.47 Å². The Labute approximate surface area is 141 Å². The number of anilines is 1. The molecule has 0 radical (unpaired) electrons. The Balaban J connectivity index is 2.09. The van der Waals surface area contributed by atoms with Crippen molar-refractivity contribution in [3.05, 3.63) is 59.2 Å². The number of carbonyl (C=O) groups is 2. The summed E-state index contributed by atoms with van der Waals surface area (Å²) < 4.78 is 9.79. The van der Waals surface area contributed by atoms with Gasteiger partial charge in [0.15, 0.2) is 0 Å². The maximum atomic E-state index is 11.9. The van der Waals surface area contributed by atoms with Crippen LogP contribution in [-0.4, -0.2) is 25.6 Å². The highest BCUT2D eigenvalue weighted by Gasteiger charge is 2.15. The number of methoxy groups -OCH3 is 1. The van der Waals surface area contributed by atoms with E-state index in [0.717, 1.165) is 18.7 Å². The molecule has 0 aromatic heterocycles. The molecule has 0 aliphatic carbocycles. The smallest absolute Gasteiger partial charge is 0.341 e. The minimum absolute atomic E-state index is 0.193. The van der Waals surface area contributed by atoms with E-state index in [0.29, 0.717) is 0 Å². The molecule has 0 aliphatic heterocycles. The maximum absolute atomic E-state index is 11.9. The molecular weight excluding hydrogens is 306 g/mol. The van der Waals surface area contributed by atoms with Gasteiger partial charge in [-0.3, -0.25) is 4.79 Å². The van der Waals surface area contributed by atoms with Gasteiger partial charge < -0.3 is 14.8 Å². The number of rotatable bonds is 6. The molecule has 0 amide bonds. The Kier molecular flexibility index (Phi) is 5.95. The van der Waals surface area contributed by atoms with E-state index in [1.54, 1.807) is 18.2 Å². The second kappa shape index (κ2) is 8.15. The van der Waals surface area contributed by atoms with Gasteiger partial charge in [-0.2, -0.15) is 0 Å². The molecule has 0 fully saturated rings. The Morgan fingerprint density at radius 1 is 1.12 bits per heavy atom. The molecule has 5 nitrogen and oxygen atoms in total. The second-order valence-electron chi connectivity index (χ2n) is 5.40. The SMILES string of the molecule is COC(=O)c1cc(NCCc2ccccc2C)ccc1OC(C)=O. The largest absolute Gasteiger partial charge is 0.465 e. The molecule has 0 spiro atoms. The molecule has 24 heavy (non-hydrogen) atoms. The van der Waals surface area contributed by atoms with Crippen molar-refractivity contribution in [3.63, 3.8) is 0 Å². The summed E-state index contributed by atoms with van der Waals surface area (Å²) >= 11 is 0. The zero-order valence-electron chi connectivity index (χ0n) is 14.1. The number of ether oxygens (including phenoxy) is 2. The summed E-state index contributed by atoms with van der Waals surface area (Å²) in [6.07, 6.45) is 0.867. The van der Waals surface area contributed by atoms with Gasteiger partial charge in [-0.15, -0.1) is 0 Å². The van der Waals surface area contributed by atoms with Crippen molar-refractivity contribution in [3.8, 4) is 5.75 Å². The first kappa shape index (κ1) is 17.5. The van der Waals surface area contributed by atoms with Crippen LogP contribution in [-0.2, 0) is 16.0 Å². The number of hydrogen-bond donors (Lipinski definition) is 1. The molecule has 1 N–H and O–H groups in total. The number of aryl methyl sites for hydroxylation is 1. The topological polar surface area (TPSA) is 64.6 Å². The van der Waals surface area contributed by atoms with Gasteiger partial charge in [-0.1, -0.05) is 24.3 Å². The van der Waals surface area contributed by atoms with Crippen molar-refractivity contribution in [1.29, 1.82) is 0 Å². The fourth-order valence-electron chi connectivity index (χ4n) is 2.39. The predicted molar refractivity (Wildman–Crippen MR) is 92.5 cm³/mol. The van der Waals surface area contributed by atoms with Crippen LogP contribution in [0.15, 0.2) is 42.5 Å². The van der Waals surface area contributed by atoms with Crippen molar-refractivity contribution in [1.82, 2.24) is 0 Å². The lowest BCUT2D eigenvalue weighted by atomic mass is 10.1. The molecule has 126 valence electrons. The normalized spacial score (nSPS) is 10.1. The van der Waals surface area contributed by atoms with Crippen LogP contribution in [0.1, 0.15) is 28.4 Å². The second-order valence-corrected chi connectivity index (χ2v) is 5.40. The summed E-state index contributed by atoms with van der Waals surface area (Å²) in [6, 6.07) is 13.2. The summed E-state index contributed by atoms with van der Waals surface area (Å²) in [6.45, 7) is 4.09.